The second-order valence-electron chi connectivity index (χ2n) is 5.75. The number of rotatable bonds is 3. The zero-order valence-electron chi connectivity index (χ0n) is 11.5. The van der Waals surface area contributed by atoms with Gasteiger partial charge in [0.05, 0.1) is 6.04 Å². The van der Waals surface area contributed by atoms with Crippen LogP contribution in [-0.2, 0) is 17.6 Å². The van der Waals surface area contributed by atoms with Crippen molar-refractivity contribution in [3.8, 4) is 0 Å². The van der Waals surface area contributed by atoms with E-state index in [0.717, 1.165) is 26.1 Å². The Bertz CT molecular complexity index is 389. The van der Waals surface area contributed by atoms with Gasteiger partial charge in [-0.25, -0.2) is 0 Å². The number of hydrazine groups is 1. The van der Waals surface area contributed by atoms with E-state index in [9.17, 15) is 0 Å². The van der Waals surface area contributed by atoms with Crippen molar-refractivity contribution < 1.29 is 4.74 Å². The molecule has 0 bridgehead atoms. The highest BCUT2D eigenvalue weighted by Crippen LogP contribution is 2.37. The van der Waals surface area contributed by atoms with Gasteiger partial charge in [-0.15, -0.1) is 11.3 Å². The molecule has 3 rings (SSSR count). The minimum Gasteiger partial charge on any atom is -0.381 e. The molecule has 2 aliphatic rings. The first kappa shape index (κ1) is 13.6. The summed E-state index contributed by atoms with van der Waals surface area (Å²) < 4.78 is 5.46. The van der Waals surface area contributed by atoms with Crippen molar-refractivity contribution >= 4 is 11.3 Å². The van der Waals surface area contributed by atoms with Crippen LogP contribution in [-0.4, -0.2) is 13.2 Å². The predicted molar refractivity (Wildman–Crippen MR) is 79.2 cm³/mol. The lowest BCUT2D eigenvalue weighted by molar-refractivity contribution is 0.0540. The lowest BCUT2D eigenvalue weighted by Crippen LogP contribution is -2.35. The molecule has 19 heavy (non-hydrogen) atoms. The predicted octanol–water partition coefficient (Wildman–Crippen LogP) is 2.95. The Balaban J connectivity index is 1.79. The molecule has 1 aromatic heterocycles. The Morgan fingerprint density at radius 3 is 2.79 bits per heavy atom. The topological polar surface area (TPSA) is 47.3 Å². The molecule has 3 nitrogen and oxygen atoms in total. The van der Waals surface area contributed by atoms with Crippen molar-refractivity contribution in [3.63, 3.8) is 0 Å². The van der Waals surface area contributed by atoms with Gasteiger partial charge in [-0.3, -0.25) is 11.3 Å². The van der Waals surface area contributed by atoms with Crippen LogP contribution in [0.4, 0.5) is 0 Å². The average molecular weight is 280 g/mol. The van der Waals surface area contributed by atoms with Crippen LogP contribution in [0.25, 0.3) is 0 Å². The fourth-order valence-corrected chi connectivity index (χ4v) is 4.76. The zero-order chi connectivity index (χ0) is 13.1. The molecule has 1 aliphatic carbocycles. The van der Waals surface area contributed by atoms with E-state index in [1.807, 2.05) is 11.3 Å². The number of nitrogens with one attached hydrogen (secondary N) is 1. The minimum atomic E-state index is 0.320. The van der Waals surface area contributed by atoms with Crippen molar-refractivity contribution in [1.82, 2.24) is 5.43 Å². The normalized spacial score (nSPS) is 22.8. The van der Waals surface area contributed by atoms with E-state index in [1.54, 1.807) is 10.4 Å². The van der Waals surface area contributed by atoms with E-state index in [-0.39, 0.29) is 0 Å². The van der Waals surface area contributed by atoms with Gasteiger partial charge in [-0.05, 0) is 56.1 Å². The third kappa shape index (κ3) is 3.02. The molecule has 1 aliphatic heterocycles. The molecule has 4 heteroatoms. The number of nitrogens with two attached hydrogens (primary N) is 1. The molecule has 1 atom stereocenters. The first-order valence-electron chi connectivity index (χ1n) is 7.54. The summed E-state index contributed by atoms with van der Waals surface area (Å²) in [4.78, 5) is 3.06. The van der Waals surface area contributed by atoms with Gasteiger partial charge in [0.2, 0.25) is 0 Å². The summed E-state index contributed by atoms with van der Waals surface area (Å²) in [6.07, 6.45) is 8.86. The van der Waals surface area contributed by atoms with Crippen LogP contribution in [0.3, 0.4) is 0 Å². The first-order valence-corrected chi connectivity index (χ1v) is 8.35. The minimum absolute atomic E-state index is 0.320. The lowest BCUT2D eigenvalue weighted by atomic mass is 9.91. The Kier molecular flexibility index (Phi) is 4.53. The van der Waals surface area contributed by atoms with E-state index in [1.165, 1.54) is 37.0 Å². The maximum absolute atomic E-state index is 5.84. The molecule has 0 spiro atoms. The number of hydrogen-bond donors (Lipinski definition) is 2. The zero-order valence-corrected chi connectivity index (χ0v) is 12.3. The second-order valence-corrected chi connectivity index (χ2v) is 6.92. The fourth-order valence-electron chi connectivity index (χ4n) is 3.34. The quantitative estimate of drug-likeness (QED) is 0.508. The molecule has 1 unspecified atom stereocenters. The largest absolute Gasteiger partial charge is 0.381 e. The molecular formula is C15H24N2OS. The van der Waals surface area contributed by atoms with E-state index in [0.29, 0.717) is 12.0 Å². The molecular weight excluding hydrogens is 256 g/mol. The van der Waals surface area contributed by atoms with Gasteiger partial charge in [0.25, 0.3) is 0 Å². The summed E-state index contributed by atoms with van der Waals surface area (Å²) in [6.45, 7) is 1.77. The van der Waals surface area contributed by atoms with E-state index in [4.69, 9.17) is 10.6 Å². The van der Waals surface area contributed by atoms with Crippen molar-refractivity contribution in [2.24, 2.45) is 11.8 Å². The summed E-state index contributed by atoms with van der Waals surface area (Å²) >= 11 is 1.99. The van der Waals surface area contributed by atoms with Gasteiger partial charge in [-0.2, -0.15) is 0 Å². The van der Waals surface area contributed by atoms with Gasteiger partial charge in [0, 0.05) is 23.0 Å². The molecule has 1 fully saturated rings. The summed E-state index contributed by atoms with van der Waals surface area (Å²) in [6, 6.07) is 2.74. The number of ether oxygens (including phenoxy) is 1. The van der Waals surface area contributed by atoms with Crippen molar-refractivity contribution in [2.45, 2.75) is 51.0 Å². The molecule has 0 aromatic carbocycles. The van der Waals surface area contributed by atoms with Crippen LogP contribution in [0.5, 0.6) is 0 Å². The lowest BCUT2D eigenvalue weighted by Gasteiger charge is -2.29. The summed E-state index contributed by atoms with van der Waals surface area (Å²) in [5.74, 6) is 6.47. The van der Waals surface area contributed by atoms with E-state index < -0.39 is 0 Å². The van der Waals surface area contributed by atoms with Crippen LogP contribution in [0.2, 0.25) is 0 Å². The van der Waals surface area contributed by atoms with Crippen molar-refractivity contribution in [1.29, 1.82) is 0 Å². The highest BCUT2D eigenvalue weighted by molar-refractivity contribution is 7.12. The Morgan fingerprint density at radius 2 is 2.00 bits per heavy atom. The van der Waals surface area contributed by atoms with Crippen LogP contribution >= 0.6 is 11.3 Å². The summed E-state index contributed by atoms with van der Waals surface area (Å²) in [5.41, 5.74) is 4.66. The van der Waals surface area contributed by atoms with Crippen molar-refractivity contribution in [2.75, 3.05) is 13.2 Å². The van der Waals surface area contributed by atoms with Gasteiger partial charge in [0.15, 0.2) is 0 Å². The van der Waals surface area contributed by atoms with E-state index in [2.05, 4.69) is 11.5 Å². The molecule has 3 N–H and O–H groups in total. The van der Waals surface area contributed by atoms with Gasteiger partial charge in [0.1, 0.15) is 0 Å². The SMILES string of the molecule is NNC(c1cc2c(s1)CCCCC2)C1CCOCC1. The Labute approximate surface area is 119 Å². The summed E-state index contributed by atoms with van der Waals surface area (Å²) in [5, 5.41) is 0. The summed E-state index contributed by atoms with van der Waals surface area (Å²) in [7, 11) is 0. The highest BCUT2D eigenvalue weighted by Gasteiger charge is 2.27. The smallest absolute Gasteiger partial charge is 0.0583 e. The Hall–Kier alpha value is -0.420. The van der Waals surface area contributed by atoms with Gasteiger partial charge >= 0.3 is 0 Å². The Morgan fingerprint density at radius 1 is 1.21 bits per heavy atom. The first-order chi connectivity index (χ1) is 9.38. The molecule has 1 aromatic rings. The molecule has 2 heterocycles. The molecule has 0 amide bonds. The molecule has 0 saturated carbocycles. The molecule has 0 radical (unpaired) electrons. The number of thiophene rings is 1. The van der Waals surface area contributed by atoms with Crippen LogP contribution in [0.1, 0.15) is 53.5 Å². The maximum atomic E-state index is 5.84. The van der Waals surface area contributed by atoms with Gasteiger partial charge < -0.3 is 4.74 Å². The second kappa shape index (κ2) is 6.35. The standard InChI is InChI=1S/C15H24N2OS/c16-17-15(11-6-8-18-9-7-11)14-10-12-4-2-1-3-5-13(12)19-14/h10-11,15,17H,1-9,16H2. The monoisotopic (exact) mass is 280 g/mol. The molecule has 106 valence electrons. The number of fused-ring (bicyclic) bond motifs is 1. The molecule has 1 saturated heterocycles. The fraction of sp³-hybridized carbons (Fsp3) is 0.733. The van der Waals surface area contributed by atoms with Crippen LogP contribution in [0, 0.1) is 5.92 Å². The maximum Gasteiger partial charge on any atom is 0.0583 e. The number of aryl methyl sites for hydroxylation is 2. The van der Waals surface area contributed by atoms with Crippen molar-refractivity contribution in [3.05, 3.63) is 21.4 Å². The highest BCUT2D eigenvalue weighted by atomic mass is 32.1. The third-order valence-corrected chi connectivity index (χ3v) is 5.81. The van der Waals surface area contributed by atoms with Crippen LogP contribution < -0.4 is 11.3 Å². The van der Waals surface area contributed by atoms with Gasteiger partial charge in [-0.1, -0.05) is 6.42 Å². The average Bonchev–Trinajstić information content (AvgIpc) is 2.71. The third-order valence-electron chi connectivity index (χ3n) is 4.49. The van der Waals surface area contributed by atoms with E-state index >= 15 is 0 Å². The van der Waals surface area contributed by atoms with Crippen LogP contribution in [0.15, 0.2) is 6.07 Å². The number of hydrogen-bond acceptors (Lipinski definition) is 4.